The van der Waals surface area contributed by atoms with E-state index >= 15 is 0 Å². The predicted molar refractivity (Wildman–Crippen MR) is 65.7 cm³/mol. The average Bonchev–Trinajstić information content (AvgIpc) is 2.53. The largest absolute Gasteiger partial charge is 0.335 e. The molecule has 2 rings (SSSR count). The lowest BCUT2D eigenvalue weighted by Crippen LogP contribution is -2.09. The minimum atomic E-state index is 0.365. The number of hydrogen-bond acceptors (Lipinski definition) is 3. The molecule has 1 heterocycles. The first kappa shape index (κ1) is 10.7. The number of aromatic amines is 1. The van der Waals surface area contributed by atoms with Gasteiger partial charge in [0.05, 0.1) is 5.02 Å². The van der Waals surface area contributed by atoms with Gasteiger partial charge in [-0.3, -0.25) is 0 Å². The molecule has 3 N–H and O–H groups in total. The zero-order valence-electron chi connectivity index (χ0n) is 7.37. The molecule has 0 unspecified atom stereocenters. The maximum atomic E-state index is 5.96. The summed E-state index contributed by atoms with van der Waals surface area (Å²) in [6.45, 7) is 0. The highest BCUT2D eigenvalue weighted by Gasteiger charge is 2.07. The molecule has 0 saturated heterocycles. The molecule has 15 heavy (non-hydrogen) atoms. The van der Waals surface area contributed by atoms with Crippen LogP contribution in [0.15, 0.2) is 22.7 Å². The lowest BCUT2D eigenvalue weighted by Gasteiger charge is -2.01. The van der Waals surface area contributed by atoms with E-state index in [1.165, 1.54) is 4.68 Å². The second-order valence-corrected chi connectivity index (χ2v) is 4.50. The number of halogens is 2. The van der Waals surface area contributed by atoms with Crippen LogP contribution in [0.25, 0.3) is 11.4 Å². The maximum Gasteiger partial charge on any atom is 0.214 e. The van der Waals surface area contributed by atoms with Crippen LogP contribution in [-0.4, -0.2) is 14.9 Å². The monoisotopic (exact) mass is 304 g/mol. The van der Waals surface area contributed by atoms with Crippen molar-refractivity contribution in [2.24, 2.45) is 0 Å². The van der Waals surface area contributed by atoms with E-state index in [1.807, 2.05) is 12.1 Å². The Morgan fingerprint density at radius 1 is 1.53 bits per heavy atom. The molecular formula is C8H6BrClN4S. The molecule has 0 atom stereocenters. The van der Waals surface area contributed by atoms with Crippen molar-refractivity contribution >= 4 is 39.7 Å². The fraction of sp³-hybridized carbons (Fsp3) is 0. The molecule has 78 valence electrons. The van der Waals surface area contributed by atoms with Crippen LogP contribution in [-0.2, 0) is 0 Å². The number of rotatable bonds is 1. The van der Waals surface area contributed by atoms with Gasteiger partial charge in [-0.05, 0) is 46.3 Å². The van der Waals surface area contributed by atoms with Crippen LogP contribution in [0.1, 0.15) is 0 Å². The summed E-state index contributed by atoms with van der Waals surface area (Å²) in [6.07, 6.45) is 0. The van der Waals surface area contributed by atoms with E-state index in [4.69, 9.17) is 29.7 Å². The van der Waals surface area contributed by atoms with Gasteiger partial charge in [-0.2, -0.15) is 5.10 Å². The Morgan fingerprint density at radius 2 is 2.27 bits per heavy atom. The lowest BCUT2D eigenvalue weighted by molar-refractivity contribution is 0.984. The lowest BCUT2D eigenvalue weighted by atomic mass is 10.2. The molecule has 0 fully saturated rings. The van der Waals surface area contributed by atoms with Gasteiger partial charge in [-0.1, -0.05) is 11.6 Å². The molecule has 4 nitrogen and oxygen atoms in total. The van der Waals surface area contributed by atoms with E-state index in [-0.39, 0.29) is 0 Å². The van der Waals surface area contributed by atoms with Crippen molar-refractivity contribution < 1.29 is 0 Å². The Balaban J connectivity index is 2.59. The van der Waals surface area contributed by atoms with Crippen LogP contribution >= 0.6 is 39.7 Å². The number of nitrogens with two attached hydrogens (primary N) is 1. The highest BCUT2D eigenvalue weighted by atomic mass is 79.9. The first-order valence-electron chi connectivity index (χ1n) is 3.97. The molecule has 2 aromatic rings. The summed E-state index contributed by atoms with van der Waals surface area (Å²) in [5, 5.41) is 7.21. The Morgan fingerprint density at radius 3 is 2.80 bits per heavy atom. The van der Waals surface area contributed by atoms with Gasteiger partial charge >= 0.3 is 0 Å². The fourth-order valence-electron chi connectivity index (χ4n) is 1.14. The summed E-state index contributed by atoms with van der Waals surface area (Å²) < 4.78 is 2.49. The Hall–Kier alpha value is -0.850. The third kappa shape index (κ3) is 1.92. The van der Waals surface area contributed by atoms with Crippen molar-refractivity contribution in [1.29, 1.82) is 0 Å². The SMILES string of the molecule is Nn1c(-c2ccc(Br)c(Cl)c2)n[nH]c1=S. The molecule has 0 amide bonds. The maximum absolute atomic E-state index is 5.96. The number of hydrogen-bond donors (Lipinski definition) is 2. The normalized spacial score (nSPS) is 10.5. The number of benzene rings is 1. The van der Waals surface area contributed by atoms with Gasteiger partial charge in [-0.25, -0.2) is 9.77 Å². The molecule has 0 aliphatic heterocycles. The van der Waals surface area contributed by atoms with Crippen molar-refractivity contribution in [2.75, 3.05) is 5.84 Å². The van der Waals surface area contributed by atoms with Crippen LogP contribution in [0.3, 0.4) is 0 Å². The molecular weight excluding hydrogens is 300 g/mol. The van der Waals surface area contributed by atoms with Gasteiger partial charge in [0, 0.05) is 10.0 Å². The van der Waals surface area contributed by atoms with Crippen LogP contribution in [0.4, 0.5) is 0 Å². The average molecular weight is 306 g/mol. The van der Waals surface area contributed by atoms with Gasteiger partial charge in [0.2, 0.25) is 4.77 Å². The number of nitrogens with zero attached hydrogens (tertiary/aromatic N) is 2. The topological polar surface area (TPSA) is 59.6 Å². The molecule has 7 heteroatoms. The van der Waals surface area contributed by atoms with Gasteiger partial charge in [0.1, 0.15) is 0 Å². The van der Waals surface area contributed by atoms with Crippen molar-refractivity contribution in [2.45, 2.75) is 0 Å². The highest BCUT2D eigenvalue weighted by molar-refractivity contribution is 9.10. The first-order chi connectivity index (χ1) is 7.09. The van der Waals surface area contributed by atoms with Gasteiger partial charge in [-0.15, -0.1) is 0 Å². The first-order valence-corrected chi connectivity index (χ1v) is 5.55. The van der Waals surface area contributed by atoms with Crippen molar-refractivity contribution in [3.8, 4) is 11.4 Å². The van der Waals surface area contributed by atoms with Gasteiger partial charge in [0.25, 0.3) is 0 Å². The van der Waals surface area contributed by atoms with Gasteiger partial charge < -0.3 is 5.84 Å². The second kappa shape index (κ2) is 3.96. The third-order valence-electron chi connectivity index (χ3n) is 1.88. The zero-order chi connectivity index (χ0) is 11.0. The smallest absolute Gasteiger partial charge is 0.214 e. The Bertz CT molecular complexity index is 562. The van der Waals surface area contributed by atoms with E-state index in [0.29, 0.717) is 15.6 Å². The van der Waals surface area contributed by atoms with Crippen molar-refractivity contribution in [1.82, 2.24) is 14.9 Å². The summed E-state index contributed by atoms with van der Waals surface area (Å²) >= 11 is 14.2. The van der Waals surface area contributed by atoms with Crippen LogP contribution < -0.4 is 5.84 Å². The van der Waals surface area contributed by atoms with Crippen LogP contribution in [0.2, 0.25) is 5.02 Å². The summed E-state index contributed by atoms with van der Waals surface area (Å²) in [5.74, 6) is 6.24. The standard InChI is InChI=1S/C8H6BrClN4S/c9-5-2-1-4(3-6(5)10)7-12-13-8(15)14(7)11/h1-3H,11H2,(H,13,15). The quantitative estimate of drug-likeness (QED) is 0.629. The van der Waals surface area contributed by atoms with Crippen molar-refractivity contribution in [3.05, 3.63) is 32.5 Å². The molecule has 1 aromatic carbocycles. The third-order valence-corrected chi connectivity index (χ3v) is 3.40. The van der Waals surface area contributed by atoms with E-state index in [9.17, 15) is 0 Å². The summed E-state index contributed by atoms with van der Waals surface area (Å²) in [7, 11) is 0. The molecule has 0 aliphatic carbocycles. The molecule has 0 radical (unpaired) electrons. The van der Waals surface area contributed by atoms with E-state index < -0.39 is 0 Å². The molecule has 0 spiro atoms. The van der Waals surface area contributed by atoms with E-state index in [0.717, 1.165) is 10.0 Å². The van der Waals surface area contributed by atoms with Crippen LogP contribution in [0, 0.1) is 4.77 Å². The molecule has 0 bridgehead atoms. The number of nitrogens with one attached hydrogen (secondary N) is 1. The molecule has 1 aromatic heterocycles. The Labute approximate surface area is 104 Å². The minimum absolute atomic E-state index is 0.365. The van der Waals surface area contributed by atoms with Crippen LogP contribution in [0.5, 0.6) is 0 Å². The number of aromatic nitrogens is 3. The molecule has 0 saturated carbocycles. The fourth-order valence-corrected chi connectivity index (χ4v) is 1.70. The summed E-state index contributed by atoms with van der Waals surface area (Å²) in [5.41, 5.74) is 0.804. The number of nitrogen functional groups attached to an aromatic ring is 1. The predicted octanol–water partition coefficient (Wildman–Crippen LogP) is 2.74. The Kier molecular flexibility index (Phi) is 2.81. The second-order valence-electron chi connectivity index (χ2n) is 2.85. The molecule has 0 aliphatic rings. The van der Waals surface area contributed by atoms with Gasteiger partial charge in [0.15, 0.2) is 5.82 Å². The summed E-state index contributed by atoms with van der Waals surface area (Å²) in [6, 6.07) is 5.44. The summed E-state index contributed by atoms with van der Waals surface area (Å²) in [4.78, 5) is 0. The zero-order valence-corrected chi connectivity index (χ0v) is 10.5. The van der Waals surface area contributed by atoms with E-state index in [1.54, 1.807) is 6.07 Å². The highest BCUT2D eigenvalue weighted by Crippen LogP contribution is 2.27. The minimum Gasteiger partial charge on any atom is -0.335 e. The van der Waals surface area contributed by atoms with E-state index in [2.05, 4.69) is 26.1 Å². The van der Waals surface area contributed by atoms with Crippen molar-refractivity contribution in [3.63, 3.8) is 0 Å². The number of H-pyrrole nitrogens is 1.